The molecule has 0 spiro atoms. The first-order chi connectivity index (χ1) is 6.04. The van der Waals surface area contributed by atoms with Crippen molar-refractivity contribution in [2.45, 2.75) is 12.5 Å². The molecular formula is C9H7BrF2O. The standard InChI is InChI=1S/C9H7BrF2O/c1-9(4-13-9)5-2-3-6(11)7(10)8(5)12/h2-3H,4H2,1H3. The molecule has 0 saturated carbocycles. The molecule has 0 bridgehead atoms. The van der Waals surface area contributed by atoms with Gasteiger partial charge in [-0.25, -0.2) is 8.78 Å². The van der Waals surface area contributed by atoms with Crippen LogP contribution in [-0.2, 0) is 10.3 Å². The van der Waals surface area contributed by atoms with Gasteiger partial charge in [0.2, 0.25) is 0 Å². The lowest BCUT2D eigenvalue weighted by Crippen LogP contribution is -2.06. The van der Waals surface area contributed by atoms with Gasteiger partial charge in [0.15, 0.2) is 0 Å². The molecule has 13 heavy (non-hydrogen) atoms. The largest absolute Gasteiger partial charge is 0.365 e. The van der Waals surface area contributed by atoms with Gasteiger partial charge in [0, 0.05) is 5.56 Å². The van der Waals surface area contributed by atoms with E-state index in [1.807, 2.05) is 0 Å². The van der Waals surface area contributed by atoms with Crippen LogP contribution < -0.4 is 0 Å². The van der Waals surface area contributed by atoms with Crippen LogP contribution in [0.25, 0.3) is 0 Å². The average molecular weight is 249 g/mol. The van der Waals surface area contributed by atoms with Gasteiger partial charge in [-0.2, -0.15) is 0 Å². The Kier molecular flexibility index (Phi) is 1.92. The molecule has 0 radical (unpaired) electrons. The second-order valence-electron chi connectivity index (χ2n) is 3.24. The fourth-order valence-electron chi connectivity index (χ4n) is 1.20. The van der Waals surface area contributed by atoms with E-state index < -0.39 is 17.2 Å². The van der Waals surface area contributed by atoms with Crippen LogP contribution in [0.2, 0.25) is 0 Å². The van der Waals surface area contributed by atoms with E-state index in [1.165, 1.54) is 12.1 Å². The van der Waals surface area contributed by atoms with Crippen LogP contribution in [0, 0.1) is 11.6 Å². The Bertz CT molecular complexity index is 361. The Morgan fingerprint density at radius 2 is 2.08 bits per heavy atom. The number of ether oxygens (including phenoxy) is 1. The minimum atomic E-state index is -0.592. The van der Waals surface area contributed by atoms with Crippen LogP contribution >= 0.6 is 15.9 Å². The molecule has 1 saturated heterocycles. The Labute approximate surface area is 82.8 Å². The third-order valence-corrected chi connectivity index (χ3v) is 2.91. The Balaban J connectivity index is 2.54. The molecule has 1 atom stereocenters. The highest BCUT2D eigenvalue weighted by molar-refractivity contribution is 9.10. The summed E-state index contributed by atoms with van der Waals surface area (Å²) in [4.78, 5) is 0. The summed E-state index contributed by atoms with van der Waals surface area (Å²) in [5, 5.41) is 0. The molecule has 1 heterocycles. The number of epoxide rings is 1. The maximum Gasteiger partial charge on any atom is 0.146 e. The normalized spacial score (nSPS) is 26.2. The quantitative estimate of drug-likeness (QED) is 0.550. The van der Waals surface area contributed by atoms with Crippen molar-refractivity contribution in [3.8, 4) is 0 Å². The highest BCUT2D eigenvalue weighted by atomic mass is 79.9. The van der Waals surface area contributed by atoms with E-state index in [9.17, 15) is 8.78 Å². The smallest absolute Gasteiger partial charge is 0.146 e. The van der Waals surface area contributed by atoms with E-state index in [-0.39, 0.29) is 4.47 Å². The summed E-state index contributed by atoms with van der Waals surface area (Å²) in [7, 11) is 0. The van der Waals surface area contributed by atoms with E-state index >= 15 is 0 Å². The number of hydrogen-bond donors (Lipinski definition) is 0. The molecule has 0 N–H and O–H groups in total. The highest BCUT2D eigenvalue weighted by Gasteiger charge is 2.43. The van der Waals surface area contributed by atoms with Gasteiger partial charge in [-0.15, -0.1) is 0 Å². The molecule has 0 amide bonds. The van der Waals surface area contributed by atoms with E-state index in [0.29, 0.717) is 12.2 Å². The number of hydrogen-bond acceptors (Lipinski definition) is 1. The van der Waals surface area contributed by atoms with Gasteiger partial charge in [-0.05, 0) is 28.9 Å². The molecule has 1 aliphatic rings. The molecule has 0 aromatic heterocycles. The Hall–Kier alpha value is -0.480. The average Bonchev–Trinajstić information content (AvgIpc) is 2.80. The Morgan fingerprint density at radius 1 is 1.46 bits per heavy atom. The summed E-state index contributed by atoms with van der Waals surface area (Å²) in [6.45, 7) is 2.26. The van der Waals surface area contributed by atoms with Crippen molar-refractivity contribution in [1.29, 1.82) is 0 Å². The van der Waals surface area contributed by atoms with Gasteiger partial charge in [-0.3, -0.25) is 0 Å². The molecule has 1 nitrogen and oxygen atoms in total. The van der Waals surface area contributed by atoms with Gasteiger partial charge in [0.1, 0.15) is 17.2 Å². The first kappa shape index (κ1) is 9.09. The van der Waals surface area contributed by atoms with Crippen LogP contribution in [-0.4, -0.2) is 6.61 Å². The van der Waals surface area contributed by atoms with Gasteiger partial charge >= 0.3 is 0 Å². The molecule has 4 heteroatoms. The number of benzene rings is 1. The summed E-state index contributed by atoms with van der Waals surface area (Å²) in [6.07, 6.45) is 0. The molecule has 0 aliphatic carbocycles. The lowest BCUT2D eigenvalue weighted by atomic mass is 10.0. The minimum Gasteiger partial charge on any atom is -0.365 e. The van der Waals surface area contributed by atoms with Crippen molar-refractivity contribution < 1.29 is 13.5 Å². The molecule has 2 rings (SSSR count). The van der Waals surface area contributed by atoms with E-state index in [0.717, 1.165) is 0 Å². The van der Waals surface area contributed by atoms with Crippen molar-refractivity contribution in [3.05, 3.63) is 33.8 Å². The second-order valence-corrected chi connectivity index (χ2v) is 4.04. The second kappa shape index (κ2) is 2.75. The van der Waals surface area contributed by atoms with E-state index in [1.54, 1.807) is 6.92 Å². The molecule has 1 fully saturated rings. The zero-order valence-electron chi connectivity index (χ0n) is 6.90. The van der Waals surface area contributed by atoms with Gasteiger partial charge in [0.25, 0.3) is 0 Å². The number of rotatable bonds is 1. The minimum absolute atomic E-state index is 0.123. The predicted molar refractivity (Wildman–Crippen MR) is 47.4 cm³/mol. The third kappa shape index (κ3) is 1.38. The maximum absolute atomic E-state index is 13.4. The van der Waals surface area contributed by atoms with Crippen LogP contribution in [0.15, 0.2) is 16.6 Å². The summed E-state index contributed by atoms with van der Waals surface area (Å²) < 4.78 is 31.2. The van der Waals surface area contributed by atoms with Crippen LogP contribution in [0.1, 0.15) is 12.5 Å². The van der Waals surface area contributed by atoms with E-state index in [2.05, 4.69) is 15.9 Å². The fourth-order valence-corrected chi connectivity index (χ4v) is 1.54. The molecule has 1 aromatic carbocycles. The third-order valence-electron chi connectivity index (χ3n) is 2.18. The first-order valence-electron chi connectivity index (χ1n) is 3.82. The summed E-state index contributed by atoms with van der Waals surface area (Å²) in [5.41, 5.74) is -0.152. The molecular weight excluding hydrogens is 242 g/mol. The van der Waals surface area contributed by atoms with Gasteiger partial charge in [-0.1, -0.05) is 6.07 Å². The highest BCUT2D eigenvalue weighted by Crippen LogP contribution is 2.41. The van der Waals surface area contributed by atoms with Crippen LogP contribution in [0.5, 0.6) is 0 Å². The summed E-state index contributed by atoms with van der Waals surface area (Å²) >= 11 is 2.84. The monoisotopic (exact) mass is 248 g/mol. The van der Waals surface area contributed by atoms with Crippen molar-refractivity contribution in [3.63, 3.8) is 0 Å². The van der Waals surface area contributed by atoms with Gasteiger partial charge in [0.05, 0.1) is 11.1 Å². The SMILES string of the molecule is CC1(c2ccc(F)c(Br)c2F)CO1. The number of halogens is 3. The summed E-state index contributed by atoms with van der Waals surface area (Å²) in [5.74, 6) is -1.16. The van der Waals surface area contributed by atoms with Gasteiger partial charge < -0.3 is 4.74 Å². The predicted octanol–water partition coefficient (Wildman–Crippen LogP) is 2.97. The van der Waals surface area contributed by atoms with Crippen LogP contribution in [0.4, 0.5) is 8.78 Å². The maximum atomic E-state index is 13.4. The molecule has 1 aliphatic heterocycles. The van der Waals surface area contributed by atoms with Crippen molar-refractivity contribution >= 4 is 15.9 Å². The first-order valence-corrected chi connectivity index (χ1v) is 4.62. The lowest BCUT2D eigenvalue weighted by molar-refractivity contribution is 0.320. The molecule has 70 valence electrons. The summed E-state index contributed by atoms with van der Waals surface area (Å²) in [6, 6.07) is 2.65. The Morgan fingerprint density at radius 3 is 2.62 bits per heavy atom. The molecule has 1 unspecified atom stereocenters. The van der Waals surface area contributed by atoms with Crippen molar-refractivity contribution in [2.75, 3.05) is 6.61 Å². The van der Waals surface area contributed by atoms with Crippen LogP contribution in [0.3, 0.4) is 0 Å². The van der Waals surface area contributed by atoms with Crippen molar-refractivity contribution in [1.82, 2.24) is 0 Å². The topological polar surface area (TPSA) is 12.5 Å². The fraction of sp³-hybridized carbons (Fsp3) is 0.333. The zero-order valence-corrected chi connectivity index (χ0v) is 8.49. The lowest BCUT2D eigenvalue weighted by Gasteiger charge is -2.08. The zero-order chi connectivity index (χ0) is 9.64. The van der Waals surface area contributed by atoms with Crippen molar-refractivity contribution in [2.24, 2.45) is 0 Å². The van der Waals surface area contributed by atoms with E-state index in [4.69, 9.17) is 4.74 Å². The molecule has 1 aromatic rings.